The summed E-state index contributed by atoms with van der Waals surface area (Å²) < 4.78 is 0. The summed E-state index contributed by atoms with van der Waals surface area (Å²) in [5, 5.41) is 6.48. The van der Waals surface area contributed by atoms with E-state index in [-0.39, 0.29) is 5.91 Å². The predicted molar refractivity (Wildman–Crippen MR) is 91.6 cm³/mol. The molecule has 5 nitrogen and oxygen atoms in total. The van der Waals surface area contributed by atoms with Crippen molar-refractivity contribution >= 4 is 33.8 Å². The van der Waals surface area contributed by atoms with E-state index in [9.17, 15) is 4.79 Å². The number of carbonyl (C=O) groups excluding carboxylic acids is 1. The summed E-state index contributed by atoms with van der Waals surface area (Å²) in [6.45, 7) is 0. The maximum atomic E-state index is 12.2. The number of anilines is 1. The maximum Gasteiger partial charge on any atom is 0.275 e. The van der Waals surface area contributed by atoms with Crippen molar-refractivity contribution in [3.05, 3.63) is 65.9 Å². The summed E-state index contributed by atoms with van der Waals surface area (Å²) in [4.78, 5) is 23.9. The van der Waals surface area contributed by atoms with Crippen molar-refractivity contribution in [2.75, 3.05) is 5.32 Å². The van der Waals surface area contributed by atoms with Crippen LogP contribution in [0.2, 0.25) is 0 Å². The second kappa shape index (κ2) is 5.66. The molecule has 0 aliphatic carbocycles. The molecule has 112 valence electrons. The number of aromatic amines is 1. The van der Waals surface area contributed by atoms with Gasteiger partial charge < -0.3 is 10.3 Å². The third-order valence-electron chi connectivity index (χ3n) is 3.44. The van der Waals surface area contributed by atoms with Gasteiger partial charge in [0.2, 0.25) is 0 Å². The molecule has 4 rings (SSSR count). The van der Waals surface area contributed by atoms with Crippen molar-refractivity contribution in [1.82, 2.24) is 15.0 Å². The Morgan fingerprint density at radius 2 is 1.96 bits per heavy atom. The zero-order chi connectivity index (χ0) is 15.6. The lowest BCUT2D eigenvalue weighted by molar-refractivity contribution is 0.102. The van der Waals surface area contributed by atoms with E-state index in [2.05, 4.69) is 20.3 Å². The number of H-pyrrole nitrogens is 1. The van der Waals surface area contributed by atoms with Crippen LogP contribution in [0.3, 0.4) is 0 Å². The number of carbonyl (C=O) groups is 1. The fourth-order valence-corrected chi connectivity index (χ4v) is 3.09. The Kier molecular flexibility index (Phi) is 3.36. The second-order valence-corrected chi connectivity index (χ2v) is 5.86. The fraction of sp³-hybridized carbons (Fsp3) is 0. The zero-order valence-electron chi connectivity index (χ0n) is 12.0. The highest BCUT2D eigenvalue weighted by molar-refractivity contribution is 7.13. The third kappa shape index (κ3) is 2.72. The van der Waals surface area contributed by atoms with E-state index in [0.717, 1.165) is 21.6 Å². The molecule has 0 aliphatic rings. The highest BCUT2D eigenvalue weighted by Gasteiger charge is 2.13. The van der Waals surface area contributed by atoms with Crippen LogP contribution < -0.4 is 5.32 Å². The predicted octanol–water partition coefficient (Wildman–Crippen LogP) is 3.94. The van der Waals surface area contributed by atoms with Gasteiger partial charge in [0.05, 0.1) is 5.69 Å². The molecular weight excluding hydrogens is 308 g/mol. The van der Waals surface area contributed by atoms with Crippen molar-refractivity contribution in [2.24, 2.45) is 0 Å². The number of nitrogens with one attached hydrogen (secondary N) is 2. The molecule has 23 heavy (non-hydrogen) atoms. The Labute approximate surface area is 136 Å². The first-order valence-electron chi connectivity index (χ1n) is 7.04. The van der Waals surface area contributed by atoms with Crippen molar-refractivity contribution in [2.45, 2.75) is 0 Å². The summed E-state index contributed by atoms with van der Waals surface area (Å²) in [5.41, 5.74) is 3.07. The van der Waals surface area contributed by atoms with Crippen LogP contribution in [0.15, 0.2) is 60.2 Å². The smallest absolute Gasteiger partial charge is 0.275 e. The molecule has 1 amide bonds. The van der Waals surface area contributed by atoms with E-state index in [1.165, 1.54) is 11.3 Å². The van der Waals surface area contributed by atoms with Crippen LogP contribution in [-0.4, -0.2) is 20.9 Å². The van der Waals surface area contributed by atoms with Gasteiger partial charge in [0.25, 0.3) is 5.91 Å². The van der Waals surface area contributed by atoms with Crippen LogP contribution in [0.5, 0.6) is 0 Å². The highest BCUT2D eigenvalue weighted by atomic mass is 32.1. The van der Waals surface area contributed by atoms with E-state index in [4.69, 9.17) is 0 Å². The normalized spacial score (nSPS) is 10.8. The van der Waals surface area contributed by atoms with E-state index in [0.29, 0.717) is 11.4 Å². The molecule has 0 aliphatic heterocycles. The fourth-order valence-electron chi connectivity index (χ4n) is 2.32. The Bertz CT molecular complexity index is 941. The molecule has 0 unspecified atom stereocenters. The van der Waals surface area contributed by atoms with E-state index in [1.54, 1.807) is 29.9 Å². The van der Waals surface area contributed by atoms with Crippen molar-refractivity contribution in [1.29, 1.82) is 0 Å². The lowest BCUT2D eigenvalue weighted by Gasteiger charge is -2.01. The minimum atomic E-state index is -0.227. The largest absolute Gasteiger partial charge is 0.353 e. The first-order valence-corrected chi connectivity index (χ1v) is 7.92. The van der Waals surface area contributed by atoms with E-state index < -0.39 is 0 Å². The number of pyridine rings is 1. The number of para-hydroxylation sites is 1. The lowest BCUT2D eigenvalue weighted by atomic mass is 10.2. The summed E-state index contributed by atoms with van der Waals surface area (Å²) in [6, 6.07) is 13.6. The molecule has 0 fully saturated rings. The number of hydrogen-bond donors (Lipinski definition) is 2. The monoisotopic (exact) mass is 320 g/mol. The quantitative estimate of drug-likeness (QED) is 0.600. The van der Waals surface area contributed by atoms with Gasteiger partial charge in [-0.25, -0.2) is 4.98 Å². The molecule has 2 N–H and O–H groups in total. The molecule has 4 aromatic rings. The molecule has 6 heteroatoms. The molecule has 3 aromatic heterocycles. The van der Waals surface area contributed by atoms with Crippen LogP contribution in [0.25, 0.3) is 21.6 Å². The van der Waals surface area contributed by atoms with Gasteiger partial charge >= 0.3 is 0 Å². The minimum absolute atomic E-state index is 0.227. The second-order valence-electron chi connectivity index (χ2n) is 5.00. The first-order chi connectivity index (χ1) is 11.3. The molecule has 0 atom stereocenters. The number of fused-ring (bicyclic) bond motifs is 1. The first kappa shape index (κ1) is 13.7. The van der Waals surface area contributed by atoms with Crippen LogP contribution >= 0.6 is 11.3 Å². The molecule has 0 saturated carbocycles. The molecule has 0 saturated heterocycles. The van der Waals surface area contributed by atoms with Gasteiger partial charge in [-0.1, -0.05) is 18.2 Å². The van der Waals surface area contributed by atoms with Gasteiger partial charge in [-0.3, -0.25) is 9.78 Å². The number of aromatic nitrogens is 3. The highest BCUT2D eigenvalue weighted by Crippen LogP contribution is 2.27. The third-order valence-corrected chi connectivity index (χ3v) is 4.31. The Morgan fingerprint density at radius 1 is 1.13 bits per heavy atom. The summed E-state index contributed by atoms with van der Waals surface area (Å²) in [7, 11) is 0. The van der Waals surface area contributed by atoms with E-state index >= 15 is 0 Å². The van der Waals surface area contributed by atoms with Crippen LogP contribution in [0.4, 0.5) is 5.69 Å². The topological polar surface area (TPSA) is 70.7 Å². The molecule has 0 bridgehead atoms. The van der Waals surface area contributed by atoms with Gasteiger partial charge in [0, 0.05) is 34.4 Å². The van der Waals surface area contributed by atoms with Crippen LogP contribution in [0.1, 0.15) is 10.5 Å². The molecule has 0 spiro atoms. The summed E-state index contributed by atoms with van der Waals surface area (Å²) in [5.74, 6) is -0.227. The standard InChI is InChI=1S/C17H12N4OS/c22-16(19-12-5-7-18-8-6-12)15-10-23-17(21-15)14-9-11-3-1-2-4-13(11)20-14/h1-10,20H,(H,18,19,22). The van der Waals surface area contributed by atoms with Crippen molar-refractivity contribution in [3.8, 4) is 10.7 Å². The number of rotatable bonds is 3. The molecule has 3 heterocycles. The van der Waals surface area contributed by atoms with Crippen molar-refractivity contribution in [3.63, 3.8) is 0 Å². The average molecular weight is 320 g/mol. The number of hydrogen-bond acceptors (Lipinski definition) is 4. The average Bonchev–Trinajstić information content (AvgIpc) is 3.22. The van der Waals surface area contributed by atoms with Crippen LogP contribution in [-0.2, 0) is 0 Å². The van der Waals surface area contributed by atoms with Gasteiger partial charge in [0.1, 0.15) is 10.7 Å². The number of nitrogens with zero attached hydrogens (tertiary/aromatic N) is 2. The summed E-state index contributed by atoms with van der Waals surface area (Å²) in [6.07, 6.45) is 3.26. The minimum Gasteiger partial charge on any atom is -0.353 e. The number of amides is 1. The van der Waals surface area contributed by atoms with Gasteiger partial charge in [-0.2, -0.15) is 0 Å². The Hall–Kier alpha value is -2.99. The Morgan fingerprint density at radius 3 is 2.78 bits per heavy atom. The number of benzene rings is 1. The molecular formula is C17H12N4OS. The van der Waals surface area contributed by atoms with Gasteiger partial charge in [-0.15, -0.1) is 11.3 Å². The SMILES string of the molecule is O=C(Nc1ccncc1)c1csc(-c2cc3ccccc3[nH]2)n1. The zero-order valence-corrected chi connectivity index (χ0v) is 12.8. The van der Waals surface area contributed by atoms with Gasteiger partial charge in [-0.05, 0) is 24.3 Å². The number of thiazole rings is 1. The maximum absolute atomic E-state index is 12.2. The lowest BCUT2D eigenvalue weighted by Crippen LogP contribution is -2.12. The van der Waals surface area contributed by atoms with Gasteiger partial charge in [0.15, 0.2) is 0 Å². The Balaban J connectivity index is 1.60. The van der Waals surface area contributed by atoms with E-state index in [1.807, 2.05) is 30.3 Å². The van der Waals surface area contributed by atoms with Crippen LogP contribution in [0, 0.1) is 0 Å². The molecule has 1 aromatic carbocycles. The summed E-state index contributed by atoms with van der Waals surface area (Å²) >= 11 is 1.44. The van der Waals surface area contributed by atoms with Crippen molar-refractivity contribution < 1.29 is 4.79 Å². The molecule has 0 radical (unpaired) electrons.